The molecule has 0 saturated carbocycles. The zero-order valence-corrected chi connectivity index (χ0v) is 32.6. The molecule has 0 amide bonds. The largest absolute Gasteiger partial charge is 0.311 e. The average molecular weight is 677 g/mol. The summed E-state index contributed by atoms with van der Waals surface area (Å²) in [6, 6.07) is 48.5. The van der Waals surface area contributed by atoms with Crippen LogP contribution in [-0.2, 0) is 16.2 Å². The van der Waals surface area contributed by atoms with Crippen molar-refractivity contribution in [3.63, 3.8) is 0 Å². The predicted molar refractivity (Wildman–Crippen MR) is 230 cm³/mol. The van der Waals surface area contributed by atoms with Gasteiger partial charge in [0, 0.05) is 34.0 Å². The van der Waals surface area contributed by atoms with Gasteiger partial charge in [0.05, 0.1) is 5.69 Å². The highest BCUT2D eigenvalue weighted by molar-refractivity contribution is 7.00. The average Bonchev–Trinajstić information content (AvgIpc) is 3.10. The Hall–Kier alpha value is -4.95. The van der Waals surface area contributed by atoms with Crippen LogP contribution in [0.15, 0.2) is 127 Å². The lowest BCUT2D eigenvalue weighted by atomic mass is 9.33. The Bertz CT molecular complexity index is 2320. The summed E-state index contributed by atoms with van der Waals surface area (Å²) in [6.07, 6.45) is 0. The van der Waals surface area contributed by atoms with Gasteiger partial charge in [0.25, 0.3) is 6.71 Å². The molecule has 0 bridgehead atoms. The fourth-order valence-corrected chi connectivity index (χ4v) is 8.25. The predicted octanol–water partition coefficient (Wildman–Crippen LogP) is 9.59. The van der Waals surface area contributed by atoms with E-state index in [4.69, 9.17) is 0 Å². The molecule has 2 heterocycles. The first-order chi connectivity index (χ1) is 24.6. The Morgan fingerprint density at radius 3 is 1.48 bits per heavy atom. The van der Waals surface area contributed by atoms with E-state index in [0.717, 1.165) is 0 Å². The Balaban J connectivity index is 1.48. The van der Waals surface area contributed by atoms with Crippen LogP contribution in [0.5, 0.6) is 0 Å². The van der Waals surface area contributed by atoms with Crippen LogP contribution in [0.1, 0.15) is 79.0 Å². The minimum atomic E-state index is 0.00375. The molecule has 4 heteroatoms. The van der Waals surface area contributed by atoms with Crippen molar-refractivity contribution in [2.75, 3.05) is 9.80 Å². The zero-order chi connectivity index (χ0) is 36.7. The van der Waals surface area contributed by atoms with Crippen molar-refractivity contribution >= 4 is 70.5 Å². The standard InChI is InChI=1S/C48H50B2N2/c1-46(2,3)32-19-23-36(24-20-32)51-41-25-21-33(47(4,5)6)27-38(41)50-39-28-34(48(7,8)9)22-26-42(39)52(44-30-35(49)29-43(51)45(44)50)40-18-14-13-17-37(40)31-15-11-10-12-16-31/h10-30H,49H2,1-9H3. The lowest BCUT2D eigenvalue weighted by Gasteiger charge is -2.45. The van der Waals surface area contributed by atoms with Gasteiger partial charge in [-0.3, -0.25) is 0 Å². The summed E-state index contributed by atoms with van der Waals surface area (Å²) in [7, 11) is 2.25. The summed E-state index contributed by atoms with van der Waals surface area (Å²) in [5.74, 6) is 0. The van der Waals surface area contributed by atoms with Gasteiger partial charge in [-0.05, 0) is 97.4 Å². The quantitative estimate of drug-likeness (QED) is 0.172. The maximum Gasteiger partial charge on any atom is 0.252 e. The Morgan fingerprint density at radius 2 is 0.923 bits per heavy atom. The van der Waals surface area contributed by atoms with Gasteiger partial charge in [-0.2, -0.15) is 0 Å². The van der Waals surface area contributed by atoms with E-state index in [0.29, 0.717) is 0 Å². The number of para-hydroxylation sites is 1. The van der Waals surface area contributed by atoms with Crippen LogP contribution in [0, 0.1) is 0 Å². The molecule has 52 heavy (non-hydrogen) atoms. The molecular weight excluding hydrogens is 626 g/mol. The van der Waals surface area contributed by atoms with E-state index in [1.165, 1.54) is 83.8 Å². The number of rotatable bonds is 3. The molecule has 6 aromatic rings. The van der Waals surface area contributed by atoms with E-state index >= 15 is 0 Å². The molecule has 0 aromatic heterocycles. The molecule has 0 radical (unpaired) electrons. The van der Waals surface area contributed by atoms with Gasteiger partial charge in [-0.1, -0.05) is 153 Å². The lowest BCUT2D eigenvalue weighted by molar-refractivity contribution is 0.590. The van der Waals surface area contributed by atoms with Gasteiger partial charge in [0.1, 0.15) is 7.85 Å². The van der Waals surface area contributed by atoms with E-state index in [1.54, 1.807) is 0 Å². The van der Waals surface area contributed by atoms with Gasteiger partial charge in [0.15, 0.2) is 0 Å². The van der Waals surface area contributed by atoms with Crippen LogP contribution in [0.25, 0.3) is 11.1 Å². The van der Waals surface area contributed by atoms with Crippen LogP contribution >= 0.6 is 0 Å². The fraction of sp³-hybridized carbons (Fsp3) is 0.250. The van der Waals surface area contributed by atoms with E-state index in [2.05, 4.69) is 207 Å². The van der Waals surface area contributed by atoms with Crippen molar-refractivity contribution in [3.8, 4) is 11.1 Å². The van der Waals surface area contributed by atoms with Gasteiger partial charge < -0.3 is 9.80 Å². The number of hydrogen-bond donors (Lipinski definition) is 0. The lowest BCUT2D eigenvalue weighted by Crippen LogP contribution is -2.62. The Morgan fingerprint density at radius 1 is 0.442 bits per heavy atom. The van der Waals surface area contributed by atoms with Gasteiger partial charge in [-0.25, -0.2) is 0 Å². The van der Waals surface area contributed by atoms with Crippen LogP contribution in [-0.4, -0.2) is 14.6 Å². The third-order valence-electron chi connectivity index (χ3n) is 11.2. The monoisotopic (exact) mass is 676 g/mol. The smallest absolute Gasteiger partial charge is 0.252 e. The van der Waals surface area contributed by atoms with Crippen molar-refractivity contribution in [1.82, 2.24) is 0 Å². The second kappa shape index (κ2) is 12.1. The summed E-state index contributed by atoms with van der Waals surface area (Å²) in [5, 5.41) is 0. The van der Waals surface area contributed by atoms with Crippen LogP contribution in [0.2, 0.25) is 0 Å². The summed E-state index contributed by atoms with van der Waals surface area (Å²) in [6.45, 7) is 20.9. The molecule has 2 aliphatic heterocycles. The molecule has 0 saturated heterocycles. The Kier molecular flexibility index (Phi) is 7.92. The molecule has 0 fully saturated rings. The minimum Gasteiger partial charge on any atom is -0.311 e. The number of hydrogen-bond acceptors (Lipinski definition) is 2. The maximum atomic E-state index is 2.56. The highest BCUT2D eigenvalue weighted by atomic mass is 15.2. The third-order valence-corrected chi connectivity index (χ3v) is 11.2. The van der Waals surface area contributed by atoms with Crippen molar-refractivity contribution in [2.45, 2.75) is 78.6 Å². The van der Waals surface area contributed by atoms with Crippen LogP contribution in [0.3, 0.4) is 0 Å². The second-order valence-electron chi connectivity index (χ2n) is 18.0. The number of benzene rings is 6. The van der Waals surface area contributed by atoms with Crippen molar-refractivity contribution in [1.29, 1.82) is 0 Å². The minimum absolute atomic E-state index is 0.00375. The van der Waals surface area contributed by atoms with Crippen molar-refractivity contribution in [2.24, 2.45) is 0 Å². The van der Waals surface area contributed by atoms with E-state index in [-0.39, 0.29) is 23.0 Å². The summed E-state index contributed by atoms with van der Waals surface area (Å²) in [4.78, 5) is 5.10. The second-order valence-corrected chi connectivity index (χ2v) is 18.0. The molecule has 2 nitrogen and oxygen atoms in total. The zero-order valence-electron chi connectivity index (χ0n) is 32.6. The topological polar surface area (TPSA) is 6.48 Å². The number of nitrogens with zero attached hydrogens (tertiary/aromatic N) is 2. The summed E-state index contributed by atoms with van der Waals surface area (Å²) in [5.41, 5.74) is 19.3. The first kappa shape index (κ1) is 34.2. The molecule has 0 N–H and O–H groups in total. The van der Waals surface area contributed by atoms with Gasteiger partial charge >= 0.3 is 0 Å². The van der Waals surface area contributed by atoms with Gasteiger partial charge in [-0.15, -0.1) is 0 Å². The third kappa shape index (κ3) is 5.68. The van der Waals surface area contributed by atoms with Crippen LogP contribution < -0.4 is 31.7 Å². The Labute approximate surface area is 313 Å². The molecule has 8 rings (SSSR count). The van der Waals surface area contributed by atoms with Gasteiger partial charge in [0.2, 0.25) is 0 Å². The van der Waals surface area contributed by atoms with Crippen molar-refractivity contribution in [3.05, 3.63) is 144 Å². The summed E-state index contributed by atoms with van der Waals surface area (Å²) < 4.78 is 0. The molecule has 258 valence electrons. The van der Waals surface area contributed by atoms with E-state index < -0.39 is 0 Å². The van der Waals surface area contributed by atoms with E-state index in [9.17, 15) is 0 Å². The molecule has 0 aliphatic carbocycles. The molecule has 0 atom stereocenters. The normalized spacial score (nSPS) is 13.8. The highest BCUT2D eigenvalue weighted by Gasteiger charge is 2.44. The maximum absolute atomic E-state index is 2.56. The number of anilines is 6. The molecule has 6 aromatic carbocycles. The SMILES string of the molecule is Bc1cc2c3c(c1)N(c1ccccc1-c1ccccc1)c1ccc(C(C)(C)C)cc1B3c1cc(C(C)(C)C)ccc1N2c1ccc(C(C)(C)C)cc1. The molecule has 2 aliphatic rings. The first-order valence-electron chi connectivity index (χ1n) is 18.9. The molecule has 0 spiro atoms. The molecular formula is C48H50B2N2. The number of fused-ring (bicyclic) bond motifs is 4. The summed E-state index contributed by atoms with van der Waals surface area (Å²) >= 11 is 0. The van der Waals surface area contributed by atoms with Crippen LogP contribution in [0.4, 0.5) is 34.1 Å². The van der Waals surface area contributed by atoms with E-state index in [1.807, 2.05) is 0 Å². The first-order valence-corrected chi connectivity index (χ1v) is 18.9. The fourth-order valence-electron chi connectivity index (χ4n) is 8.25. The van der Waals surface area contributed by atoms with Crippen molar-refractivity contribution < 1.29 is 0 Å². The highest BCUT2D eigenvalue weighted by Crippen LogP contribution is 2.46. The molecule has 0 unspecified atom stereocenters.